The van der Waals surface area contributed by atoms with Crippen LogP contribution in [0.3, 0.4) is 0 Å². The molecular weight excluding hydrogens is 264 g/mol. The molecule has 118 valence electrons. The Kier molecular flexibility index (Phi) is 5.47. The largest absolute Gasteiger partial charge is 0.329 e. The van der Waals surface area contributed by atoms with E-state index in [1.165, 1.54) is 50.3 Å². The Morgan fingerprint density at radius 3 is 2.55 bits per heavy atom. The summed E-state index contributed by atoms with van der Waals surface area (Å²) in [4.78, 5) is 2.77. The normalized spacial score (nSPS) is 36.0. The summed E-state index contributed by atoms with van der Waals surface area (Å²) in [7, 11) is 0. The maximum absolute atomic E-state index is 6.28. The van der Waals surface area contributed by atoms with Crippen molar-refractivity contribution < 1.29 is 0 Å². The van der Waals surface area contributed by atoms with Crippen molar-refractivity contribution in [3.05, 3.63) is 0 Å². The Balaban J connectivity index is 2.07. The van der Waals surface area contributed by atoms with Crippen molar-refractivity contribution in [1.29, 1.82) is 0 Å². The minimum Gasteiger partial charge on any atom is -0.329 e. The third kappa shape index (κ3) is 3.72. The summed E-state index contributed by atoms with van der Waals surface area (Å²) >= 11 is 2.12. The summed E-state index contributed by atoms with van der Waals surface area (Å²) in [6.45, 7) is 13.0. The topological polar surface area (TPSA) is 29.3 Å². The average molecular weight is 299 g/mol. The number of thioether (sulfide) groups is 1. The summed E-state index contributed by atoms with van der Waals surface area (Å²) in [5.41, 5.74) is 6.98. The van der Waals surface area contributed by atoms with Gasteiger partial charge in [-0.05, 0) is 61.8 Å². The fourth-order valence-electron chi connectivity index (χ4n) is 4.24. The number of nitrogens with zero attached hydrogens (tertiary/aromatic N) is 1. The lowest BCUT2D eigenvalue weighted by molar-refractivity contribution is 0.0700. The fraction of sp³-hybridized carbons (Fsp3) is 1.00. The van der Waals surface area contributed by atoms with Crippen LogP contribution < -0.4 is 5.73 Å². The van der Waals surface area contributed by atoms with Crippen LogP contribution in [0.4, 0.5) is 0 Å². The fourth-order valence-corrected chi connectivity index (χ4v) is 5.78. The molecule has 0 saturated carbocycles. The molecule has 2 aliphatic rings. The standard InChI is InChI=1S/C17H34N2S/c1-14(2)15-6-5-8-19(9-7-15)17(11-18)10-16(3,4)12-20-13-17/h14-15H,5-13,18H2,1-4H3. The molecule has 0 aromatic heterocycles. The third-order valence-electron chi connectivity index (χ3n) is 5.44. The number of hydrogen-bond acceptors (Lipinski definition) is 3. The van der Waals surface area contributed by atoms with Crippen LogP contribution in [0.1, 0.15) is 53.4 Å². The molecule has 2 nitrogen and oxygen atoms in total. The quantitative estimate of drug-likeness (QED) is 0.863. The van der Waals surface area contributed by atoms with Crippen molar-refractivity contribution >= 4 is 11.8 Å². The van der Waals surface area contributed by atoms with Gasteiger partial charge in [0.2, 0.25) is 0 Å². The van der Waals surface area contributed by atoms with E-state index in [2.05, 4.69) is 44.4 Å². The van der Waals surface area contributed by atoms with Crippen molar-refractivity contribution in [2.75, 3.05) is 31.1 Å². The van der Waals surface area contributed by atoms with E-state index in [1.807, 2.05) is 0 Å². The molecule has 2 aliphatic heterocycles. The molecule has 2 N–H and O–H groups in total. The van der Waals surface area contributed by atoms with Crippen LogP contribution in [0, 0.1) is 17.3 Å². The summed E-state index contributed by atoms with van der Waals surface area (Å²) in [6, 6.07) is 0. The van der Waals surface area contributed by atoms with Crippen LogP contribution in [-0.4, -0.2) is 41.6 Å². The first-order valence-electron chi connectivity index (χ1n) is 8.41. The van der Waals surface area contributed by atoms with Crippen LogP contribution in [0.25, 0.3) is 0 Å². The van der Waals surface area contributed by atoms with Gasteiger partial charge in [-0.15, -0.1) is 0 Å². The highest BCUT2D eigenvalue weighted by molar-refractivity contribution is 7.99. The molecule has 20 heavy (non-hydrogen) atoms. The number of likely N-dealkylation sites (tertiary alicyclic amines) is 1. The van der Waals surface area contributed by atoms with Crippen molar-refractivity contribution in [2.45, 2.75) is 58.9 Å². The number of nitrogens with two attached hydrogens (primary N) is 1. The predicted octanol–water partition coefficient (Wildman–Crippen LogP) is 3.61. The molecule has 0 aliphatic carbocycles. The van der Waals surface area contributed by atoms with Crippen LogP contribution >= 0.6 is 11.8 Å². The van der Waals surface area contributed by atoms with E-state index in [9.17, 15) is 0 Å². The molecule has 2 heterocycles. The van der Waals surface area contributed by atoms with Crippen LogP contribution in [-0.2, 0) is 0 Å². The maximum Gasteiger partial charge on any atom is 0.0427 e. The summed E-state index contributed by atoms with van der Waals surface area (Å²) in [6.07, 6.45) is 5.40. The van der Waals surface area contributed by atoms with Crippen molar-refractivity contribution in [3.8, 4) is 0 Å². The Morgan fingerprint density at radius 1 is 1.20 bits per heavy atom. The Hall–Kier alpha value is 0.270. The number of rotatable bonds is 3. The minimum absolute atomic E-state index is 0.262. The molecule has 0 amide bonds. The van der Waals surface area contributed by atoms with Crippen LogP contribution in [0.5, 0.6) is 0 Å². The number of hydrogen-bond donors (Lipinski definition) is 1. The Labute approximate surface area is 130 Å². The highest BCUT2D eigenvalue weighted by Gasteiger charge is 2.44. The van der Waals surface area contributed by atoms with Crippen molar-refractivity contribution in [3.63, 3.8) is 0 Å². The Morgan fingerprint density at radius 2 is 1.95 bits per heavy atom. The maximum atomic E-state index is 6.28. The molecule has 0 spiro atoms. The lowest BCUT2D eigenvalue weighted by Gasteiger charge is -2.50. The van der Waals surface area contributed by atoms with Gasteiger partial charge in [-0.3, -0.25) is 4.90 Å². The van der Waals surface area contributed by atoms with Crippen LogP contribution in [0.15, 0.2) is 0 Å². The van der Waals surface area contributed by atoms with E-state index in [-0.39, 0.29) is 5.54 Å². The molecule has 2 saturated heterocycles. The molecule has 0 aromatic rings. The monoisotopic (exact) mass is 298 g/mol. The van der Waals surface area contributed by atoms with Gasteiger partial charge in [0.1, 0.15) is 0 Å². The predicted molar refractivity (Wildman–Crippen MR) is 91.3 cm³/mol. The van der Waals surface area contributed by atoms with Gasteiger partial charge in [-0.2, -0.15) is 11.8 Å². The first kappa shape index (κ1) is 16.6. The zero-order valence-corrected chi connectivity index (χ0v) is 14.8. The van der Waals surface area contributed by atoms with Gasteiger partial charge < -0.3 is 5.73 Å². The van der Waals surface area contributed by atoms with E-state index in [4.69, 9.17) is 5.73 Å². The molecule has 2 fully saturated rings. The zero-order chi connectivity index (χ0) is 14.8. The van der Waals surface area contributed by atoms with E-state index < -0.39 is 0 Å². The summed E-state index contributed by atoms with van der Waals surface area (Å²) in [5, 5.41) is 0. The van der Waals surface area contributed by atoms with E-state index >= 15 is 0 Å². The second-order valence-corrected chi connectivity index (χ2v) is 9.17. The van der Waals surface area contributed by atoms with Crippen molar-refractivity contribution in [2.24, 2.45) is 23.0 Å². The average Bonchev–Trinajstić information content (AvgIpc) is 2.63. The molecule has 2 rings (SSSR count). The summed E-state index contributed by atoms with van der Waals surface area (Å²) in [5.74, 6) is 4.27. The molecule has 0 aromatic carbocycles. The Bertz CT molecular complexity index is 316. The second kappa shape index (κ2) is 6.58. The highest BCUT2D eigenvalue weighted by atomic mass is 32.2. The van der Waals surface area contributed by atoms with Gasteiger partial charge in [-0.1, -0.05) is 27.7 Å². The van der Waals surface area contributed by atoms with Crippen molar-refractivity contribution in [1.82, 2.24) is 4.90 Å². The molecule has 2 atom stereocenters. The first-order valence-corrected chi connectivity index (χ1v) is 9.57. The molecule has 0 bridgehead atoms. The van der Waals surface area contributed by atoms with E-state index in [0.29, 0.717) is 5.41 Å². The molecule has 3 heteroatoms. The third-order valence-corrected chi connectivity index (χ3v) is 7.16. The van der Waals surface area contributed by atoms with Gasteiger partial charge in [0, 0.05) is 17.8 Å². The van der Waals surface area contributed by atoms with Crippen LogP contribution in [0.2, 0.25) is 0 Å². The van der Waals surface area contributed by atoms with Gasteiger partial charge in [-0.25, -0.2) is 0 Å². The first-order chi connectivity index (χ1) is 9.38. The lowest BCUT2D eigenvalue weighted by Crippen LogP contribution is -2.60. The van der Waals surface area contributed by atoms with Gasteiger partial charge >= 0.3 is 0 Å². The zero-order valence-electron chi connectivity index (χ0n) is 14.0. The molecule has 2 unspecified atom stereocenters. The van der Waals surface area contributed by atoms with E-state index in [1.54, 1.807) is 0 Å². The second-order valence-electron chi connectivity index (χ2n) is 8.18. The smallest absolute Gasteiger partial charge is 0.0427 e. The van der Waals surface area contributed by atoms with E-state index in [0.717, 1.165) is 18.4 Å². The molecular formula is C17H34N2S. The SMILES string of the molecule is CC(C)C1CCCN(C2(CN)CSCC(C)(C)C2)CC1. The molecule has 0 radical (unpaired) electrons. The van der Waals surface area contributed by atoms with Gasteiger partial charge in [0.25, 0.3) is 0 Å². The minimum atomic E-state index is 0.262. The lowest BCUT2D eigenvalue weighted by atomic mass is 9.78. The van der Waals surface area contributed by atoms with Gasteiger partial charge in [0.15, 0.2) is 0 Å². The van der Waals surface area contributed by atoms with Gasteiger partial charge in [0.05, 0.1) is 0 Å². The highest BCUT2D eigenvalue weighted by Crippen LogP contribution is 2.43. The summed E-state index contributed by atoms with van der Waals surface area (Å²) < 4.78 is 0.